The van der Waals surface area contributed by atoms with Crippen LogP contribution < -0.4 is 0 Å². The van der Waals surface area contributed by atoms with Crippen molar-refractivity contribution in [2.45, 2.75) is 18.3 Å². The molecule has 10 heteroatoms. The number of rotatable bonds is 6. The molecule has 0 aromatic heterocycles. The van der Waals surface area contributed by atoms with Crippen LogP contribution in [0.5, 0.6) is 0 Å². The van der Waals surface area contributed by atoms with Crippen LogP contribution in [0.3, 0.4) is 0 Å². The maximum absolute atomic E-state index is 11.6. The van der Waals surface area contributed by atoms with Crippen LogP contribution in [0.2, 0.25) is 0 Å². The van der Waals surface area contributed by atoms with Crippen molar-refractivity contribution in [2.24, 2.45) is 0 Å². The van der Waals surface area contributed by atoms with E-state index in [9.17, 15) is 31.7 Å². The first-order valence-corrected chi connectivity index (χ1v) is 5.15. The number of hydrogen-bond acceptors (Lipinski definition) is 5. The Kier molecular flexibility index (Phi) is 4.94. The van der Waals surface area contributed by atoms with E-state index < -0.39 is 33.7 Å². The average Bonchev–Trinajstić information content (AvgIpc) is 2.00. The number of unbranched alkanes of at least 4 members (excludes halogenated alkanes) is 1. The van der Waals surface area contributed by atoms with Crippen molar-refractivity contribution in [2.75, 3.05) is 13.2 Å². The molecule has 0 aliphatic carbocycles. The van der Waals surface area contributed by atoms with E-state index in [2.05, 4.69) is 4.18 Å². The van der Waals surface area contributed by atoms with Gasteiger partial charge in [0.05, 0.1) is 6.61 Å². The van der Waals surface area contributed by atoms with E-state index in [1.165, 1.54) is 0 Å². The third-order valence-corrected chi connectivity index (χ3v) is 2.30. The molecule has 0 aliphatic rings. The van der Waals surface area contributed by atoms with Crippen LogP contribution in [0.25, 0.3) is 0 Å². The molecule has 6 nitrogen and oxygen atoms in total. The van der Waals surface area contributed by atoms with Gasteiger partial charge in [0, 0.05) is 11.3 Å². The van der Waals surface area contributed by atoms with E-state index in [-0.39, 0.29) is 12.8 Å². The first kappa shape index (κ1) is 14.1. The van der Waals surface area contributed by atoms with E-state index >= 15 is 0 Å². The number of alkyl halides is 3. The van der Waals surface area contributed by atoms with Gasteiger partial charge in [0.2, 0.25) is 6.54 Å². The molecule has 0 radical (unpaired) electrons. The van der Waals surface area contributed by atoms with Crippen LogP contribution in [-0.4, -0.2) is 32.0 Å². The smallest absolute Gasteiger partial charge is 0.265 e. The largest absolute Gasteiger partial charge is 0.523 e. The summed E-state index contributed by atoms with van der Waals surface area (Å²) in [4.78, 5) is 9.13. The minimum Gasteiger partial charge on any atom is -0.265 e. The van der Waals surface area contributed by atoms with Crippen LogP contribution in [0.1, 0.15) is 12.8 Å². The molecule has 0 aromatic carbocycles. The number of nitrogens with zero attached hydrogens (tertiary/aromatic N) is 1. The van der Waals surface area contributed by atoms with Crippen molar-refractivity contribution in [3.8, 4) is 0 Å². The van der Waals surface area contributed by atoms with Gasteiger partial charge in [-0.25, -0.2) is 0 Å². The van der Waals surface area contributed by atoms with Gasteiger partial charge in [-0.2, -0.15) is 21.6 Å². The Morgan fingerprint density at radius 1 is 1.27 bits per heavy atom. The van der Waals surface area contributed by atoms with Gasteiger partial charge >= 0.3 is 15.6 Å². The monoisotopic (exact) mass is 251 g/mol. The van der Waals surface area contributed by atoms with Gasteiger partial charge in [-0.15, -0.1) is 0 Å². The summed E-state index contributed by atoms with van der Waals surface area (Å²) in [7, 11) is -5.57. The van der Waals surface area contributed by atoms with Crippen LogP contribution in [0.15, 0.2) is 0 Å². The highest BCUT2D eigenvalue weighted by Crippen LogP contribution is 2.24. The lowest BCUT2D eigenvalue weighted by molar-refractivity contribution is -0.480. The molecule has 15 heavy (non-hydrogen) atoms. The second kappa shape index (κ2) is 5.26. The summed E-state index contributed by atoms with van der Waals surface area (Å²) in [5.74, 6) is 0. The molecule has 0 aromatic rings. The van der Waals surface area contributed by atoms with E-state index in [1.54, 1.807) is 0 Å². The zero-order valence-electron chi connectivity index (χ0n) is 7.36. The average molecular weight is 251 g/mol. The van der Waals surface area contributed by atoms with Crippen LogP contribution in [-0.2, 0) is 14.3 Å². The minimum atomic E-state index is -5.57. The molecular formula is C5H8F3NO5S. The third-order valence-electron chi connectivity index (χ3n) is 1.26. The standard InChI is InChI=1S/C5H8F3NO5S/c6-5(7,8)15(12,13)14-4-2-1-3-9(10)11/h1-4H2. The molecule has 90 valence electrons. The molecule has 0 unspecified atom stereocenters. The molecule has 0 N–H and O–H groups in total. The second-order valence-electron chi connectivity index (χ2n) is 2.49. The number of nitro groups is 1. The summed E-state index contributed by atoms with van der Waals surface area (Å²) in [6, 6.07) is 0. The number of halogens is 3. The summed E-state index contributed by atoms with van der Waals surface area (Å²) in [6.45, 7) is -1.15. The highest BCUT2D eigenvalue weighted by atomic mass is 32.2. The quantitative estimate of drug-likeness (QED) is 0.230. The Hall–Kier alpha value is -0.900. The van der Waals surface area contributed by atoms with Crippen molar-refractivity contribution in [3.63, 3.8) is 0 Å². The van der Waals surface area contributed by atoms with Gasteiger partial charge in [0.1, 0.15) is 0 Å². The normalized spacial score (nSPS) is 12.7. The van der Waals surface area contributed by atoms with E-state index in [0.29, 0.717) is 0 Å². The predicted octanol–water partition coefficient (Wildman–Crippen LogP) is 0.910. The Balaban J connectivity index is 3.83. The van der Waals surface area contributed by atoms with Gasteiger partial charge < -0.3 is 0 Å². The summed E-state index contributed by atoms with van der Waals surface area (Å²) in [5, 5.41) is 9.79. The molecule has 0 saturated carbocycles. The molecule has 0 aliphatic heterocycles. The van der Waals surface area contributed by atoms with Gasteiger partial charge in [0.25, 0.3) is 0 Å². The molecular weight excluding hydrogens is 243 g/mol. The summed E-state index contributed by atoms with van der Waals surface area (Å²) in [6.07, 6.45) is -0.170. The van der Waals surface area contributed by atoms with Crippen LogP contribution >= 0.6 is 0 Å². The molecule has 0 amide bonds. The lowest BCUT2D eigenvalue weighted by Gasteiger charge is -2.07. The number of hydrogen-bond donors (Lipinski definition) is 0. The minimum absolute atomic E-state index is 0.0413. The maximum Gasteiger partial charge on any atom is 0.523 e. The molecule has 0 atom stereocenters. The Labute approximate surface area is 83.3 Å². The molecule has 0 saturated heterocycles. The summed E-state index contributed by atoms with van der Waals surface area (Å²) >= 11 is 0. The van der Waals surface area contributed by atoms with E-state index in [0.717, 1.165) is 0 Å². The fraction of sp³-hybridized carbons (Fsp3) is 1.00. The lowest BCUT2D eigenvalue weighted by Crippen LogP contribution is -2.26. The lowest BCUT2D eigenvalue weighted by atomic mass is 10.3. The Morgan fingerprint density at radius 3 is 2.20 bits per heavy atom. The topological polar surface area (TPSA) is 86.5 Å². The summed E-state index contributed by atoms with van der Waals surface area (Å²) in [5.41, 5.74) is -5.45. The van der Waals surface area contributed by atoms with Crippen molar-refractivity contribution in [1.29, 1.82) is 0 Å². The van der Waals surface area contributed by atoms with Gasteiger partial charge in [-0.1, -0.05) is 0 Å². The van der Waals surface area contributed by atoms with E-state index in [4.69, 9.17) is 0 Å². The molecule has 0 fully saturated rings. The highest BCUT2D eigenvalue weighted by Gasteiger charge is 2.47. The van der Waals surface area contributed by atoms with Crippen molar-refractivity contribution in [3.05, 3.63) is 10.1 Å². The summed E-state index contributed by atoms with van der Waals surface area (Å²) < 4.78 is 59.1. The molecule has 0 rings (SSSR count). The maximum atomic E-state index is 11.6. The fourth-order valence-corrected chi connectivity index (χ4v) is 1.05. The molecule has 0 spiro atoms. The highest BCUT2D eigenvalue weighted by molar-refractivity contribution is 7.87. The molecule has 0 heterocycles. The predicted molar refractivity (Wildman–Crippen MR) is 42.0 cm³/mol. The van der Waals surface area contributed by atoms with Crippen molar-refractivity contribution in [1.82, 2.24) is 0 Å². The van der Waals surface area contributed by atoms with Gasteiger partial charge in [0.15, 0.2) is 0 Å². The molecule has 0 bridgehead atoms. The van der Waals surface area contributed by atoms with Crippen molar-refractivity contribution < 1.29 is 30.7 Å². The van der Waals surface area contributed by atoms with E-state index in [1.807, 2.05) is 0 Å². The fourth-order valence-electron chi connectivity index (χ4n) is 0.578. The van der Waals surface area contributed by atoms with Crippen LogP contribution in [0, 0.1) is 10.1 Å². The second-order valence-corrected chi connectivity index (χ2v) is 4.09. The van der Waals surface area contributed by atoms with Gasteiger partial charge in [-0.05, 0) is 6.42 Å². The first-order valence-electron chi connectivity index (χ1n) is 3.74. The SMILES string of the molecule is O=[N+]([O-])CCCCOS(=O)(=O)C(F)(F)F. The zero-order valence-corrected chi connectivity index (χ0v) is 8.18. The van der Waals surface area contributed by atoms with Gasteiger partial charge in [-0.3, -0.25) is 14.3 Å². The Morgan fingerprint density at radius 2 is 1.80 bits per heavy atom. The zero-order chi connectivity index (χ0) is 12.1. The van der Waals surface area contributed by atoms with Crippen LogP contribution in [0.4, 0.5) is 13.2 Å². The van der Waals surface area contributed by atoms with Crippen molar-refractivity contribution >= 4 is 10.1 Å². The first-order chi connectivity index (χ1) is 6.67. The third kappa shape index (κ3) is 5.52. The Bertz CT molecular complexity index is 311.